The summed E-state index contributed by atoms with van der Waals surface area (Å²) in [5.74, 6) is -1.08. The first kappa shape index (κ1) is 23.3. The van der Waals surface area contributed by atoms with E-state index in [1.165, 1.54) is 22.0 Å². The normalized spacial score (nSPS) is 14.9. The van der Waals surface area contributed by atoms with Crippen molar-refractivity contribution in [1.29, 1.82) is 0 Å². The zero-order valence-electron chi connectivity index (χ0n) is 18.0. The first-order valence-electron chi connectivity index (χ1n) is 9.84. The lowest BCUT2D eigenvalue weighted by Crippen LogP contribution is -2.45. The first-order valence-corrected chi connectivity index (χ1v) is 11.5. The minimum atomic E-state index is -4.58. The van der Waals surface area contributed by atoms with E-state index in [1.807, 2.05) is 13.8 Å². The number of fused-ring (bicyclic) bond motifs is 2. The van der Waals surface area contributed by atoms with Crippen LogP contribution in [0.15, 0.2) is 28.2 Å². The number of carbonyl (C=O) groups is 2. The van der Waals surface area contributed by atoms with Gasteiger partial charge >= 0.3 is 6.18 Å². The summed E-state index contributed by atoms with van der Waals surface area (Å²) in [7, 11) is 1.57. The van der Waals surface area contributed by atoms with E-state index in [1.54, 1.807) is 14.0 Å². The molecule has 1 unspecified atom stereocenters. The van der Waals surface area contributed by atoms with E-state index in [-0.39, 0.29) is 23.5 Å². The van der Waals surface area contributed by atoms with Crippen LogP contribution in [-0.2, 0) is 22.8 Å². The Morgan fingerprint density at radius 3 is 2.64 bits per heavy atom. The molecule has 0 saturated heterocycles. The SMILES string of the molecule is Cc1sc2nc(SC(C)C(=O)N3CC(=O)Nc4cc(C(F)(F)F)ccc43)n(C)c(=O)c2c1C. The molecule has 33 heavy (non-hydrogen) atoms. The van der Waals surface area contributed by atoms with Crippen LogP contribution in [0.2, 0.25) is 0 Å². The van der Waals surface area contributed by atoms with Crippen molar-refractivity contribution in [1.82, 2.24) is 9.55 Å². The summed E-state index contributed by atoms with van der Waals surface area (Å²) >= 11 is 2.45. The maximum atomic E-state index is 13.2. The zero-order chi connectivity index (χ0) is 24.2. The topological polar surface area (TPSA) is 84.3 Å². The highest BCUT2D eigenvalue weighted by Gasteiger charge is 2.35. The number of carbonyl (C=O) groups excluding carboxylic acids is 2. The van der Waals surface area contributed by atoms with Gasteiger partial charge in [0.25, 0.3) is 5.56 Å². The van der Waals surface area contributed by atoms with E-state index in [2.05, 4.69) is 10.3 Å². The van der Waals surface area contributed by atoms with Gasteiger partial charge in [-0.25, -0.2) is 4.98 Å². The van der Waals surface area contributed by atoms with E-state index >= 15 is 0 Å². The second-order valence-electron chi connectivity index (χ2n) is 7.68. The Hall–Kier alpha value is -2.86. The van der Waals surface area contributed by atoms with Gasteiger partial charge in [-0.05, 0) is 44.5 Å². The van der Waals surface area contributed by atoms with Crippen LogP contribution in [0.25, 0.3) is 10.2 Å². The van der Waals surface area contributed by atoms with Crippen LogP contribution in [0.5, 0.6) is 0 Å². The molecule has 12 heteroatoms. The summed E-state index contributed by atoms with van der Waals surface area (Å²) in [5, 5.41) is 2.52. The number of anilines is 2. The molecule has 0 radical (unpaired) electrons. The largest absolute Gasteiger partial charge is 0.416 e. The summed E-state index contributed by atoms with van der Waals surface area (Å²) < 4.78 is 40.6. The average molecular weight is 497 g/mol. The number of aromatic nitrogens is 2. The molecular weight excluding hydrogens is 477 g/mol. The third-order valence-corrected chi connectivity index (χ3v) is 7.69. The highest BCUT2D eigenvalue weighted by atomic mass is 32.2. The van der Waals surface area contributed by atoms with Crippen molar-refractivity contribution in [3.05, 3.63) is 44.6 Å². The molecule has 0 aliphatic carbocycles. The fourth-order valence-electron chi connectivity index (χ4n) is 3.55. The van der Waals surface area contributed by atoms with Crippen LogP contribution in [0.4, 0.5) is 24.5 Å². The highest BCUT2D eigenvalue weighted by molar-refractivity contribution is 8.00. The fourth-order valence-corrected chi connectivity index (χ4v) is 5.56. The Balaban J connectivity index is 1.65. The minimum Gasteiger partial charge on any atom is -0.323 e. The molecule has 3 aromatic rings. The molecule has 0 saturated carbocycles. The molecule has 2 aromatic heterocycles. The molecule has 174 valence electrons. The molecule has 0 bridgehead atoms. The van der Waals surface area contributed by atoms with Gasteiger partial charge in [-0.15, -0.1) is 11.3 Å². The average Bonchev–Trinajstić information content (AvgIpc) is 3.02. The van der Waals surface area contributed by atoms with Crippen molar-refractivity contribution >= 4 is 56.5 Å². The predicted molar refractivity (Wildman–Crippen MR) is 122 cm³/mol. The predicted octanol–water partition coefficient (Wildman–Crippen LogP) is 4.10. The Bertz CT molecular complexity index is 1360. The third kappa shape index (κ3) is 4.12. The molecule has 1 atom stereocenters. The number of amides is 2. The molecular formula is C21H19F3N4O3S2. The Morgan fingerprint density at radius 2 is 1.97 bits per heavy atom. The summed E-state index contributed by atoms with van der Waals surface area (Å²) in [6.07, 6.45) is -4.58. The monoisotopic (exact) mass is 496 g/mol. The number of hydrogen-bond donors (Lipinski definition) is 1. The maximum Gasteiger partial charge on any atom is 0.416 e. The van der Waals surface area contributed by atoms with Crippen molar-refractivity contribution in [2.45, 2.75) is 37.4 Å². The Morgan fingerprint density at radius 1 is 1.27 bits per heavy atom. The van der Waals surface area contributed by atoms with Gasteiger partial charge in [-0.3, -0.25) is 23.9 Å². The second kappa shape index (κ2) is 8.17. The van der Waals surface area contributed by atoms with Crippen LogP contribution >= 0.6 is 23.1 Å². The van der Waals surface area contributed by atoms with Crippen molar-refractivity contribution < 1.29 is 22.8 Å². The Kier molecular flexibility index (Phi) is 5.77. The van der Waals surface area contributed by atoms with E-state index in [0.29, 0.717) is 15.4 Å². The fraction of sp³-hybridized carbons (Fsp3) is 0.333. The summed E-state index contributed by atoms with van der Waals surface area (Å²) in [6, 6.07) is 2.85. The van der Waals surface area contributed by atoms with Gasteiger partial charge in [-0.1, -0.05) is 11.8 Å². The first-order chi connectivity index (χ1) is 15.4. The van der Waals surface area contributed by atoms with Crippen molar-refractivity contribution in [3.63, 3.8) is 0 Å². The molecule has 7 nitrogen and oxygen atoms in total. The zero-order valence-corrected chi connectivity index (χ0v) is 19.7. The number of alkyl halides is 3. The minimum absolute atomic E-state index is 0.0805. The highest BCUT2D eigenvalue weighted by Crippen LogP contribution is 2.38. The number of rotatable bonds is 3. The molecule has 1 N–H and O–H groups in total. The van der Waals surface area contributed by atoms with Crippen molar-refractivity contribution in [2.24, 2.45) is 7.05 Å². The lowest BCUT2D eigenvalue weighted by atomic mass is 10.1. The summed E-state index contributed by atoms with van der Waals surface area (Å²) in [6.45, 7) is 5.05. The summed E-state index contributed by atoms with van der Waals surface area (Å²) in [5.41, 5.74) is -0.165. The van der Waals surface area contributed by atoms with E-state index < -0.39 is 28.8 Å². The van der Waals surface area contributed by atoms with Crippen LogP contribution < -0.4 is 15.8 Å². The smallest absolute Gasteiger partial charge is 0.323 e. The number of thiophene rings is 1. The summed E-state index contributed by atoms with van der Waals surface area (Å²) in [4.78, 5) is 45.4. The van der Waals surface area contributed by atoms with Crippen LogP contribution in [-0.4, -0.2) is 33.2 Å². The molecule has 1 aromatic carbocycles. The van der Waals surface area contributed by atoms with Gasteiger partial charge in [0.05, 0.1) is 27.6 Å². The number of halogens is 3. The van der Waals surface area contributed by atoms with Crippen molar-refractivity contribution in [3.8, 4) is 0 Å². The number of nitrogens with one attached hydrogen (secondary N) is 1. The number of aryl methyl sites for hydroxylation is 2. The van der Waals surface area contributed by atoms with E-state index in [4.69, 9.17) is 0 Å². The standard InChI is InChI=1S/C21H19F3N4O3S2/c1-9-10(2)32-17-16(9)19(31)27(4)20(26-17)33-11(3)18(30)28-8-15(29)25-13-7-12(21(22,23)24)5-6-14(13)28/h5-7,11H,8H2,1-4H3,(H,25,29). The van der Waals surface area contributed by atoms with Gasteiger partial charge in [0.1, 0.15) is 11.4 Å². The number of hydrogen-bond acceptors (Lipinski definition) is 6. The lowest BCUT2D eigenvalue weighted by Gasteiger charge is -2.31. The maximum absolute atomic E-state index is 13.2. The van der Waals surface area contributed by atoms with Crippen LogP contribution in [0.3, 0.4) is 0 Å². The number of nitrogens with zero attached hydrogens (tertiary/aromatic N) is 3. The van der Waals surface area contributed by atoms with Crippen molar-refractivity contribution in [2.75, 3.05) is 16.8 Å². The third-order valence-electron chi connectivity index (χ3n) is 5.46. The number of benzene rings is 1. The molecule has 3 heterocycles. The van der Waals surface area contributed by atoms with E-state index in [9.17, 15) is 27.6 Å². The second-order valence-corrected chi connectivity index (χ2v) is 10.2. The Labute approximate surface area is 194 Å². The molecule has 0 spiro atoms. The van der Waals surface area contributed by atoms with Crippen LogP contribution in [0, 0.1) is 13.8 Å². The van der Waals surface area contributed by atoms with Gasteiger partial charge in [0.2, 0.25) is 11.8 Å². The van der Waals surface area contributed by atoms with Gasteiger partial charge in [0, 0.05) is 11.9 Å². The molecule has 0 fully saturated rings. The van der Waals surface area contributed by atoms with E-state index in [0.717, 1.165) is 39.2 Å². The van der Waals surface area contributed by atoms with Gasteiger partial charge in [-0.2, -0.15) is 13.2 Å². The molecule has 4 rings (SSSR count). The van der Waals surface area contributed by atoms with Crippen LogP contribution in [0.1, 0.15) is 22.9 Å². The number of thioether (sulfide) groups is 1. The van der Waals surface area contributed by atoms with Gasteiger partial charge in [0.15, 0.2) is 5.16 Å². The lowest BCUT2D eigenvalue weighted by molar-refractivity contribution is -0.137. The molecule has 1 aliphatic rings. The van der Waals surface area contributed by atoms with Gasteiger partial charge < -0.3 is 5.32 Å². The molecule has 1 aliphatic heterocycles. The molecule has 2 amide bonds. The quantitative estimate of drug-likeness (QED) is 0.436.